The highest BCUT2D eigenvalue weighted by atomic mass is 32.2. The minimum Gasteiger partial charge on any atom is -0.340 e. The van der Waals surface area contributed by atoms with Crippen LogP contribution in [0, 0.1) is 5.82 Å². The van der Waals surface area contributed by atoms with E-state index >= 15 is 0 Å². The fourth-order valence-corrected chi connectivity index (χ4v) is 5.37. The van der Waals surface area contributed by atoms with Crippen molar-refractivity contribution in [2.24, 2.45) is 0 Å². The first-order chi connectivity index (χ1) is 13.4. The van der Waals surface area contributed by atoms with Crippen LogP contribution in [0.25, 0.3) is 11.0 Å². The van der Waals surface area contributed by atoms with E-state index in [0.29, 0.717) is 19.4 Å². The Morgan fingerprint density at radius 1 is 1.14 bits per heavy atom. The first-order valence-electron chi connectivity index (χ1n) is 9.12. The maximum atomic E-state index is 13.1. The van der Waals surface area contributed by atoms with Gasteiger partial charge < -0.3 is 9.47 Å². The molecule has 0 N–H and O–H groups in total. The summed E-state index contributed by atoms with van der Waals surface area (Å²) in [6.07, 6.45) is 2.72. The van der Waals surface area contributed by atoms with Gasteiger partial charge in [-0.1, -0.05) is 12.1 Å². The lowest BCUT2D eigenvalue weighted by Crippen LogP contribution is -2.46. The van der Waals surface area contributed by atoms with Crippen molar-refractivity contribution in [2.45, 2.75) is 29.5 Å². The summed E-state index contributed by atoms with van der Waals surface area (Å²) in [5, 5.41) is -0.685. The number of fused-ring (bicyclic) bond motifs is 1. The molecule has 6 nitrogen and oxygen atoms in total. The number of hydrogen-bond donors (Lipinski definition) is 0. The molecule has 3 aromatic rings. The lowest BCUT2D eigenvalue weighted by molar-refractivity contribution is -0.132. The van der Waals surface area contributed by atoms with Crippen molar-refractivity contribution in [3.8, 4) is 0 Å². The van der Waals surface area contributed by atoms with Crippen LogP contribution in [0.2, 0.25) is 0 Å². The van der Waals surface area contributed by atoms with Gasteiger partial charge in [0.05, 0.1) is 27.5 Å². The van der Waals surface area contributed by atoms with Crippen molar-refractivity contribution in [2.75, 3.05) is 13.1 Å². The van der Waals surface area contributed by atoms with E-state index in [1.807, 2.05) is 24.3 Å². The Morgan fingerprint density at radius 2 is 1.89 bits per heavy atom. The zero-order valence-electron chi connectivity index (χ0n) is 15.2. The summed E-state index contributed by atoms with van der Waals surface area (Å²) in [4.78, 5) is 18.8. The number of carbonyl (C=O) groups excluding carboxylic acids is 1. The third-order valence-electron chi connectivity index (χ3n) is 5.14. The molecule has 0 bridgehead atoms. The first-order valence-corrected chi connectivity index (χ1v) is 10.7. The number of carbonyl (C=O) groups is 1. The number of halogens is 1. The summed E-state index contributed by atoms with van der Waals surface area (Å²) < 4.78 is 40.7. The van der Waals surface area contributed by atoms with E-state index in [2.05, 4.69) is 4.98 Å². The largest absolute Gasteiger partial charge is 0.340 e. The van der Waals surface area contributed by atoms with Gasteiger partial charge in [0, 0.05) is 13.1 Å². The summed E-state index contributed by atoms with van der Waals surface area (Å²) in [5.74, 6) is -0.617. The molecule has 146 valence electrons. The number of imidazole rings is 1. The number of aromatic nitrogens is 2. The Hall–Kier alpha value is -2.74. The molecule has 1 amide bonds. The number of sulfone groups is 1. The second kappa shape index (κ2) is 7.35. The minimum absolute atomic E-state index is 0.0915. The molecule has 0 aliphatic carbocycles. The molecule has 4 rings (SSSR count). The van der Waals surface area contributed by atoms with Crippen LogP contribution in [0.1, 0.15) is 12.8 Å². The minimum atomic E-state index is -3.62. The molecule has 2 aromatic carbocycles. The third-order valence-corrected chi connectivity index (χ3v) is 7.34. The highest BCUT2D eigenvalue weighted by Crippen LogP contribution is 2.24. The van der Waals surface area contributed by atoms with Gasteiger partial charge in [-0.05, 0) is 49.2 Å². The van der Waals surface area contributed by atoms with Crippen LogP contribution in [-0.4, -0.2) is 47.1 Å². The summed E-state index contributed by atoms with van der Waals surface area (Å²) >= 11 is 0. The van der Waals surface area contributed by atoms with E-state index in [-0.39, 0.29) is 23.9 Å². The number of rotatable bonds is 4. The lowest BCUT2D eigenvalue weighted by atomic mass is 10.1. The van der Waals surface area contributed by atoms with Gasteiger partial charge in [-0.2, -0.15) is 0 Å². The van der Waals surface area contributed by atoms with Crippen LogP contribution in [0.15, 0.2) is 59.8 Å². The first kappa shape index (κ1) is 18.6. The van der Waals surface area contributed by atoms with E-state index < -0.39 is 20.9 Å². The Labute approximate surface area is 162 Å². The van der Waals surface area contributed by atoms with E-state index in [1.165, 1.54) is 12.1 Å². The van der Waals surface area contributed by atoms with Crippen molar-refractivity contribution in [1.29, 1.82) is 0 Å². The summed E-state index contributed by atoms with van der Waals surface area (Å²) in [7, 11) is -3.62. The summed E-state index contributed by atoms with van der Waals surface area (Å²) in [5.41, 5.74) is 1.68. The predicted molar refractivity (Wildman–Crippen MR) is 103 cm³/mol. The quantitative estimate of drug-likeness (QED) is 0.630. The molecular weight excluding hydrogens is 381 g/mol. The van der Waals surface area contributed by atoms with Gasteiger partial charge >= 0.3 is 0 Å². The van der Waals surface area contributed by atoms with Gasteiger partial charge in [-0.25, -0.2) is 17.8 Å². The van der Waals surface area contributed by atoms with Crippen molar-refractivity contribution in [3.05, 3.63) is 60.7 Å². The molecule has 0 spiro atoms. The van der Waals surface area contributed by atoms with E-state index in [1.54, 1.807) is 15.8 Å². The molecule has 8 heteroatoms. The average molecular weight is 401 g/mol. The summed E-state index contributed by atoms with van der Waals surface area (Å²) in [6.45, 7) is 0.788. The zero-order chi connectivity index (χ0) is 19.7. The second-order valence-corrected chi connectivity index (χ2v) is 9.19. The van der Waals surface area contributed by atoms with Gasteiger partial charge in [-0.3, -0.25) is 4.79 Å². The average Bonchev–Trinajstić information content (AvgIpc) is 3.11. The Morgan fingerprint density at radius 3 is 2.68 bits per heavy atom. The van der Waals surface area contributed by atoms with Crippen LogP contribution in [0.3, 0.4) is 0 Å². The summed E-state index contributed by atoms with van der Waals surface area (Å²) in [6, 6.07) is 12.4. The van der Waals surface area contributed by atoms with E-state index in [4.69, 9.17) is 0 Å². The normalized spacial score (nSPS) is 17.8. The van der Waals surface area contributed by atoms with E-state index in [9.17, 15) is 17.6 Å². The number of nitrogens with zero attached hydrogens (tertiary/aromatic N) is 3. The predicted octanol–water partition coefficient (Wildman–Crippen LogP) is 2.64. The fraction of sp³-hybridized carbons (Fsp3) is 0.300. The van der Waals surface area contributed by atoms with Crippen LogP contribution in [-0.2, 0) is 21.2 Å². The second-order valence-electron chi connectivity index (χ2n) is 6.96. The highest BCUT2D eigenvalue weighted by Gasteiger charge is 2.33. The molecule has 2 heterocycles. The van der Waals surface area contributed by atoms with Gasteiger partial charge in [0.25, 0.3) is 0 Å². The molecular formula is C20H20FN3O3S. The van der Waals surface area contributed by atoms with Crippen LogP contribution >= 0.6 is 0 Å². The number of piperidine rings is 1. The monoisotopic (exact) mass is 401 g/mol. The topological polar surface area (TPSA) is 72.3 Å². The third kappa shape index (κ3) is 3.52. The molecule has 1 aliphatic heterocycles. The van der Waals surface area contributed by atoms with Crippen LogP contribution in [0.4, 0.5) is 4.39 Å². The van der Waals surface area contributed by atoms with Gasteiger partial charge in [0.1, 0.15) is 12.4 Å². The van der Waals surface area contributed by atoms with Crippen molar-refractivity contribution < 1.29 is 17.6 Å². The molecule has 1 aromatic heterocycles. The number of amides is 1. The molecule has 1 saturated heterocycles. The SMILES string of the molecule is O=C(Cn1cnc2ccccc21)N1CCC[C@H](S(=O)(=O)c2ccc(F)cc2)C1. The lowest BCUT2D eigenvalue weighted by Gasteiger charge is -2.32. The van der Waals surface area contributed by atoms with Gasteiger partial charge in [0.2, 0.25) is 5.91 Å². The standard InChI is InChI=1S/C20H20FN3O3S/c21-15-7-9-16(10-8-15)28(26,27)17-4-3-11-23(12-17)20(25)13-24-14-22-18-5-1-2-6-19(18)24/h1-2,5-10,14,17H,3-4,11-13H2/t17-/m0/s1. The van der Waals surface area contributed by atoms with Crippen LogP contribution < -0.4 is 0 Å². The van der Waals surface area contributed by atoms with E-state index in [0.717, 1.165) is 23.2 Å². The Kier molecular flexibility index (Phi) is 4.89. The molecule has 0 radical (unpaired) electrons. The van der Waals surface area contributed by atoms with Gasteiger partial charge in [-0.15, -0.1) is 0 Å². The van der Waals surface area contributed by atoms with Crippen LogP contribution in [0.5, 0.6) is 0 Å². The smallest absolute Gasteiger partial charge is 0.242 e. The molecule has 1 atom stereocenters. The highest BCUT2D eigenvalue weighted by molar-refractivity contribution is 7.92. The molecule has 0 unspecified atom stereocenters. The zero-order valence-corrected chi connectivity index (χ0v) is 16.0. The Bertz CT molecular complexity index is 1110. The number of benzene rings is 2. The molecule has 1 aliphatic rings. The number of para-hydroxylation sites is 2. The van der Waals surface area contributed by atoms with Crippen molar-refractivity contribution in [1.82, 2.24) is 14.5 Å². The Balaban J connectivity index is 1.50. The van der Waals surface area contributed by atoms with Gasteiger partial charge in [0.15, 0.2) is 9.84 Å². The molecule has 1 fully saturated rings. The van der Waals surface area contributed by atoms with Crippen molar-refractivity contribution >= 4 is 26.8 Å². The molecule has 0 saturated carbocycles. The number of hydrogen-bond acceptors (Lipinski definition) is 4. The maximum absolute atomic E-state index is 13.1. The fourth-order valence-electron chi connectivity index (χ4n) is 3.62. The maximum Gasteiger partial charge on any atom is 0.242 e. The van der Waals surface area contributed by atoms with Crippen molar-refractivity contribution in [3.63, 3.8) is 0 Å². The molecule has 28 heavy (non-hydrogen) atoms. The number of likely N-dealkylation sites (tertiary alicyclic amines) is 1.